The normalized spacial score (nSPS) is 13.9. The summed E-state index contributed by atoms with van der Waals surface area (Å²) >= 11 is 12.5. The molecule has 1 aliphatic heterocycles. The Labute approximate surface area is 193 Å². The van der Waals surface area contributed by atoms with Crippen LogP contribution in [-0.4, -0.2) is 29.3 Å². The van der Waals surface area contributed by atoms with Crippen LogP contribution in [0.15, 0.2) is 53.8 Å². The van der Waals surface area contributed by atoms with Gasteiger partial charge in [0, 0.05) is 36.5 Å². The molecule has 0 fully saturated rings. The van der Waals surface area contributed by atoms with Crippen molar-refractivity contribution in [1.29, 1.82) is 0 Å². The highest BCUT2D eigenvalue weighted by Gasteiger charge is 2.25. The third-order valence-corrected chi connectivity index (χ3v) is 5.35. The third kappa shape index (κ3) is 4.46. The SMILES string of the molecule is COc1ccc2c(c1OCc1ccc([N+](=O)[O-])cc1)OCCC2=Nc1c(Cl)cncc1Cl. The minimum absolute atomic E-state index is 0.0149. The van der Waals surface area contributed by atoms with Gasteiger partial charge >= 0.3 is 0 Å². The zero-order valence-electron chi connectivity index (χ0n) is 16.9. The van der Waals surface area contributed by atoms with Gasteiger partial charge in [0.2, 0.25) is 5.75 Å². The molecule has 0 bridgehead atoms. The monoisotopic (exact) mass is 473 g/mol. The second-order valence-electron chi connectivity index (χ2n) is 6.79. The van der Waals surface area contributed by atoms with Crippen molar-refractivity contribution in [2.45, 2.75) is 13.0 Å². The van der Waals surface area contributed by atoms with E-state index in [0.717, 1.165) is 16.8 Å². The van der Waals surface area contributed by atoms with Crippen LogP contribution in [0.25, 0.3) is 0 Å². The van der Waals surface area contributed by atoms with Crippen LogP contribution >= 0.6 is 23.2 Å². The largest absolute Gasteiger partial charge is 0.493 e. The number of aromatic nitrogens is 1. The van der Waals surface area contributed by atoms with Crippen LogP contribution in [0.3, 0.4) is 0 Å². The Balaban J connectivity index is 1.68. The molecule has 4 rings (SSSR count). The summed E-state index contributed by atoms with van der Waals surface area (Å²) in [5, 5.41) is 11.5. The van der Waals surface area contributed by atoms with Crippen molar-refractivity contribution < 1.29 is 19.1 Å². The average molecular weight is 474 g/mol. The van der Waals surface area contributed by atoms with Gasteiger partial charge in [0.25, 0.3) is 5.69 Å². The fourth-order valence-electron chi connectivity index (χ4n) is 3.23. The lowest BCUT2D eigenvalue weighted by atomic mass is 10.0. The quantitative estimate of drug-likeness (QED) is 0.332. The summed E-state index contributed by atoms with van der Waals surface area (Å²) in [7, 11) is 1.54. The molecule has 0 unspecified atom stereocenters. The molecule has 2 aromatic carbocycles. The molecular weight excluding hydrogens is 457 g/mol. The zero-order valence-corrected chi connectivity index (χ0v) is 18.4. The van der Waals surface area contributed by atoms with Gasteiger partial charge in [-0.15, -0.1) is 0 Å². The second kappa shape index (κ2) is 9.42. The van der Waals surface area contributed by atoms with E-state index in [1.54, 1.807) is 18.2 Å². The van der Waals surface area contributed by atoms with E-state index < -0.39 is 4.92 Å². The molecule has 8 nitrogen and oxygen atoms in total. The van der Waals surface area contributed by atoms with Crippen LogP contribution in [0.5, 0.6) is 17.2 Å². The first-order chi connectivity index (χ1) is 15.5. The molecule has 0 saturated carbocycles. The molecule has 0 saturated heterocycles. The number of halogens is 2. The van der Waals surface area contributed by atoms with Gasteiger partial charge in [-0.1, -0.05) is 23.2 Å². The van der Waals surface area contributed by atoms with Gasteiger partial charge in [-0.25, -0.2) is 4.99 Å². The van der Waals surface area contributed by atoms with E-state index in [2.05, 4.69) is 9.98 Å². The molecule has 0 spiro atoms. The van der Waals surface area contributed by atoms with Crippen LogP contribution < -0.4 is 14.2 Å². The highest BCUT2D eigenvalue weighted by Crippen LogP contribution is 2.44. The first-order valence-electron chi connectivity index (χ1n) is 9.54. The number of methoxy groups -OCH3 is 1. The van der Waals surface area contributed by atoms with Gasteiger partial charge in [-0.3, -0.25) is 15.1 Å². The first-order valence-corrected chi connectivity index (χ1v) is 10.3. The number of nitro groups is 1. The molecule has 0 amide bonds. The number of nitro benzene ring substituents is 1. The number of nitrogens with zero attached hydrogens (tertiary/aromatic N) is 3. The van der Waals surface area contributed by atoms with E-state index in [9.17, 15) is 10.1 Å². The number of aliphatic imine (C=N–C) groups is 1. The molecule has 0 atom stereocenters. The lowest BCUT2D eigenvalue weighted by Gasteiger charge is -2.23. The Morgan fingerprint density at radius 1 is 1.16 bits per heavy atom. The van der Waals surface area contributed by atoms with E-state index >= 15 is 0 Å². The van der Waals surface area contributed by atoms with E-state index in [-0.39, 0.29) is 12.3 Å². The zero-order chi connectivity index (χ0) is 22.7. The van der Waals surface area contributed by atoms with Crippen molar-refractivity contribution in [2.75, 3.05) is 13.7 Å². The smallest absolute Gasteiger partial charge is 0.269 e. The number of benzene rings is 2. The summed E-state index contributed by atoms with van der Waals surface area (Å²) in [6.45, 7) is 0.551. The van der Waals surface area contributed by atoms with Crippen molar-refractivity contribution in [3.8, 4) is 17.2 Å². The Morgan fingerprint density at radius 3 is 2.53 bits per heavy atom. The van der Waals surface area contributed by atoms with Crippen LogP contribution in [-0.2, 0) is 6.61 Å². The van der Waals surface area contributed by atoms with E-state index in [4.69, 9.17) is 37.4 Å². The first kappa shape index (κ1) is 21.9. The Hall–Kier alpha value is -3.36. The number of hydrogen-bond acceptors (Lipinski definition) is 7. The minimum Gasteiger partial charge on any atom is -0.493 e. The summed E-state index contributed by atoms with van der Waals surface area (Å²) in [6.07, 6.45) is 3.52. The molecule has 32 heavy (non-hydrogen) atoms. The maximum Gasteiger partial charge on any atom is 0.269 e. The van der Waals surface area contributed by atoms with Gasteiger partial charge in [0.05, 0.1) is 34.4 Å². The molecule has 0 radical (unpaired) electrons. The van der Waals surface area contributed by atoms with Crippen LogP contribution in [0.1, 0.15) is 17.5 Å². The standard InChI is InChI=1S/C22H17Cl2N3O5/c1-30-19-7-6-15-18(26-20-16(23)10-25-11-17(20)24)8-9-31-21(15)22(19)32-12-13-2-4-14(5-3-13)27(28)29/h2-7,10-11H,8-9,12H2,1H3. The Bertz CT molecular complexity index is 1180. The minimum atomic E-state index is -0.447. The molecule has 0 N–H and O–H groups in total. The van der Waals surface area contributed by atoms with Gasteiger partial charge in [0.15, 0.2) is 11.5 Å². The van der Waals surface area contributed by atoms with Gasteiger partial charge < -0.3 is 14.2 Å². The number of hydrogen-bond donors (Lipinski definition) is 0. The summed E-state index contributed by atoms with van der Waals surface area (Å²) in [5.41, 5.74) is 2.69. The summed E-state index contributed by atoms with van der Waals surface area (Å²) in [5.74, 6) is 1.41. The van der Waals surface area contributed by atoms with E-state index in [1.807, 2.05) is 6.07 Å². The second-order valence-corrected chi connectivity index (χ2v) is 7.61. The van der Waals surface area contributed by atoms with Crippen molar-refractivity contribution in [3.05, 3.63) is 80.1 Å². The average Bonchev–Trinajstić information content (AvgIpc) is 2.80. The molecule has 1 aliphatic rings. The maximum atomic E-state index is 10.8. The highest BCUT2D eigenvalue weighted by molar-refractivity contribution is 6.38. The van der Waals surface area contributed by atoms with Crippen molar-refractivity contribution in [2.24, 2.45) is 4.99 Å². The Kier molecular flexibility index (Phi) is 6.43. The molecule has 2 heterocycles. The lowest BCUT2D eigenvalue weighted by molar-refractivity contribution is -0.384. The van der Waals surface area contributed by atoms with Gasteiger partial charge in [-0.05, 0) is 29.8 Å². The van der Waals surface area contributed by atoms with Crippen molar-refractivity contribution in [1.82, 2.24) is 4.98 Å². The van der Waals surface area contributed by atoms with Crippen molar-refractivity contribution >= 4 is 40.3 Å². The molecular formula is C22H17Cl2N3O5. The third-order valence-electron chi connectivity index (χ3n) is 4.80. The fourth-order valence-corrected chi connectivity index (χ4v) is 3.68. The molecule has 1 aromatic heterocycles. The number of pyridine rings is 1. The lowest BCUT2D eigenvalue weighted by Crippen LogP contribution is -2.17. The van der Waals surface area contributed by atoms with Gasteiger partial charge in [-0.2, -0.15) is 0 Å². The molecule has 10 heteroatoms. The van der Waals surface area contributed by atoms with E-state index in [1.165, 1.54) is 31.6 Å². The van der Waals surface area contributed by atoms with Crippen LogP contribution in [0, 0.1) is 10.1 Å². The predicted octanol–water partition coefficient (Wildman–Crippen LogP) is 5.79. The van der Waals surface area contributed by atoms with Crippen LogP contribution in [0.2, 0.25) is 10.0 Å². The fraction of sp³-hybridized carbons (Fsp3) is 0.182. The van der Waals surface area contributed by atoms with Crippen LogP contribution in [0.4, 0.5) is 11.4 Å². The van der Waals surface area contributed by atoms with E-state index in [0.29, 0.717) is 46.0 Å². The predicted molar refractivity (Wildman–Crippen MR) is 121 cm³/mol. The number of fused-ring (bicyclic) bond motifs is 1. The summed E-state index contributed by atoms with van der Waals surface area (Å²) in [6, 6.07) is 9.75. The summed E-state index contributed by atoms with van der Waals surface area (Å²) < 4.78 is 17.4. The topological polar surface area (TPSA) is 96.1 Å². The van der Waals surface area contributed by atoms with Crippen molar-refractivity contribution in [3.63, 3.8) is 0 Å². The maximum absolute atomic E-state index is 10.8. The van der Waals surface area contributed by atoms with Gasteiger partial charge in [0.1, 0.15) is 12.3 Å². The highest BCUT2D eigenvalue weighted by atomic mass is 35.5. The Morgan fingerprint density at radius 2 is 1.88 bits per heavy atom. The number of rotatable bonds is 6. The molecule has 3 aromatic rings. The molecule has 0 aliphatic carbocycles. The summed E-state index contributed by atoms with van der Waals surface area (Å²) in [4.78, 5) is 19.0. The number of ether oxygens (including phenoxy) is 3. The number of non-ortho nitro benzene ring substituents is 1. The molecule has 164 valence electrons.